The predicted octanol–water partition coefficient (Wildman–Crippen LogP) is 2.44. The second-order valence-electron chi connectivity index (χ2n) is 8.61. The van der Waals surface area contributed by atoms with E-state index in [0.717, 1.165) is 43.4 Å². The lowest BCUT2D eigenvalue weighted by atomic mass is 9.95. The summed E-state index contributed by atoms with van der Waals surface area (Å²) < 4.78 is 1.94. The van der Waals surface area contributed by atoms with Crippen molar-refractivity contribution in [3.8, 4) is 0 Å². The fourth-order valence-corrected chi connectivity index (χ4v) is 4.70. The number of carbonyl (C=O) groups is 2. The first-order valence-corrected chi connectivity index (χ1v) is 11.3. The highest BCUT2D eigenvalue weighted by atomic mass is 16.2. The Labute approximate surface area is 178 Å². The third-order valence-corrected chi connectivity index (χ3v) is 6.58. The first kappa shape index (κ1) is 20.8. The van der Waals surface area contributed by atoms with Gasteiger partial charge in [0.05, 0.1) is 17.4 Å². The number of hydrogen-bond acceptors (Lipinski definition) is 4. The zero-order chi connectivity index (χ0) is 20.9. The number of hydrogen-bond donors (Lipinski definition) is 1. The van der Waals surface area contributed by atoms with Gasteiger partial charge in [-0.05, 0) is 70.8 Å². The fraction of sp³-hybridized carbons (Fsp3) is 0.609. The molecule has 4 rings (SSSR count). The number of rotatable bonds is 7. The van der Waals surface area contributed by atoms with E-state index in [1.54, 1.807) is 6.33 Å². The van der Waals surface area contributed by atoms with Gasteiger partial charge in [0.1, 0.15) is 6.04 Å². The monoisotopic (exact) mass is 411 g/mol. The van der Waals surface area contributed by atoms with Crippen LogP contribution in [0.3, 0.4) is 0 Å². The number of imidazole rings is 1. The normalized spacial score (nSPS) is 19.3. The standard InChI is InChI=1S/C23H33N5O2/c1-18(28-17-25-20-7-2-3-8-21(20)28)23(30)27-15-9-19(10-16-27)22(29)24-11-6-14-26-12-4-5-13-26/h2-3,7-8,17-19H,4-6,9-16H2,1H3,(H,24,29)/t18-/m0/s1. The maximum atomic E-state index is 13.0. The van der Waals surface area contributed by atoms with E-state index >= 15 is 0 Å². The van der Waals surface area contributed by atoms with Crippen LogP contribution in [0.5, 0.6) is 0 Å². The highest BCUT2D eigenvalue weighted by Crippen LogP contribution is 2.23. The van der Waals surface area contributed by atoms with Gasteiger partial charge in [-0.15, -0.1) is 0 Å². The molecule has 2 aliphatic heterocycles. The quantitative estimate of drug-likeness (QED) is 0.711. The predicted molar refractivity (Wildman–Crippen MR) is 117 cm³/mol. The van der Waals surface area contributed by atoms with Gasteiger partial charge in [-0.25, -0.2) is 4.98 Å². The van der Waals surface area contributed by atoms with Crippen LogP contribution in [0, 0.1) is 5.92 Å². The van der Waals surface area contributed by atoms with Crippen molar-refractivity contribution < 1.29 is 9.59 Å². The van der Waals surface area contributed by atoms with E-state index in [1.807, 2.05) is 40.7 Å². The number of para-hydroxylation sites is 2. The summed E-state index contributed by atoms with van der Waals surface area (Å²) in [6.45, 7) is 7.44. The minimum absolute atomic E-state index is 0.0187. The lowest BCUT2D eigenvalue weighted by Gasteiger charge is -2.33. The summed E-state index contributed by atoms with van der Waals surface area (Å²) in [5.41, 5.74) is 1.87. The van der Waals surface area contributed by atoms with Crippen molar-refractivity contribution in [3.05, 3.63) is 30.6 Å². The summed E-state index contributed by atoms with van der Waals surface area (Å²) >= 11 is 0. The van der Waals surface area contributed by atoms with Gasteiger partial charge in [0.25, 0.3) is 0 Å². The molecule has 1 N–H and O–H groups in total. The number of carbonyl (C=O) groups excluding carboxylic acids is 2. The van der Waals surface area contributed by atoms with E-state index in [9.17, 15) is 9.59 Å². The number of amides is 2. The Morgan fingerprint density at radius 1 is 1.13 bits per heavy atom. The second-order valence-corrected chi connectivity index (χ2v) is 8.61. The number of benzene rings is 1. The molecule has 2 amide bonds. The Hall–Kier alpha value is -2.41. The first-order valence-electron chi connectivity index (χ1n) is 11.3. The van der Waals surface area contributed by atoms with Crippen molar-refractivity contribution in [2.45, 2.75) is 45.1 Å². The third kappa shape index (κ3) is 4.67. The molecule has 0 radical (unpaired) electrons. The summed E-state index contributed by atoms with van der Waals surface area (Å²) in [7, 11) is 0. The fourth-order valence-electron chi connectivity index (χ4n) is 4.70. The van der Waals surface area contributed by atoms with Crippen LogP contribution < -0.4 is 5.32 Å². The molecule has 2 aromatic rings. The molecule has 0 bridgehead atoms. The molecule has 2 saturated heterocycles. The van der Waals surface area contributed by atoms with Crippen LogP contribution in [0.1, 0.15) is 45.1 Å². The minimum atomic E-state index is -0.298. The summed E-state index contributed by atoms with van der Waals surface area (Å²) in [5.74, 6) is 0.269. The van der Waals surface area contributed by atoms with E-state index in [4.69, 9.17) is 0 Å². The average Bonchev–Trinajstić information content (AvgIpc) is 3.45. The molecule has 0 saturated carbocycles. The Bertz CT molecular complexity index is 865. The molecule has 1 aromatic carbocycles. The number of aromatic nitrogens is 2. The van der Waals surface area contributed by atoms with Crippen molar-refractivity contribution in [2.75, 3.05) is 39.3 Å². The van der Waals surface area contributed by atoms with Gasteiger partial charge in [0.15, 0.2) is 0 Å². The first-order chi connectivity index (χ1) is 14.6. The lowest BCUT2D eigenvalue weighted by Crippen LogP contribution is -2.45. The number of nitrogens with one attached hydrogen (secondary N) is 1. The number of fused-ring (bicyclic) bond motifs is 1. The number of nitrogens with zero attached hydrogens (tertiary/aromatic N) is 4. The van der Waals surface area contributed by atoms with Crippen molar-refractivity contribution in [1.29, 1.82) is 0 Å². The Morgan fingerprint density at radius 3 is 2.63 bits per heavy atom. The Balaban J connectivity index is 1.22. The van der Waals surface area contributed by atoms with Crippen molar-refractivity contribution >= 4 is 22.8 Å². The van der Waals surface area contributed by atoms with Gasteiger partial charge in [0, 0.05) is 25.6 Å². The topological polar surface area (TPSA) is 70.5 Å². The molecule has 3 heterocycles. The van der Waals surface area contributed by atoms with Crippen LogP contribution in [0.2, 0.25) is 0 Å². The van der Waals surface area contributed by atoms with Crippen LogP contribution in [0.25, 0.3) is 11.0 Å². The van der Waals surface area contributed by atoms with E-state index in [2.05, 4.69) is 15.2 Å². The maximum Gasteiger partial charge on any atom is 0.245 e. The largest absolute Gasteiger partial charge is 0.356 e. The van der Waals surface area contributed by atoms with Gasteiger partial charge >= 0.3 is 0 Å². The summed E-state index contributed by atoms with van der Waals surface area (Å²) in [5, 5.41) is 3.10. The van der Waals surface area contributed by atoms with Crippen LogP contribution >= 0.6 is 0 Å². The summed E-state index contributed by atoms with van der Waals surface area (Å²) in [4.78, 5) is 34.3. The molecular formula is C23H33N5O2. The molecule has 2 fully saturated rings. The van der Waals surface area contributed by atoms with E-state index in [0.29, 0.717) is 13.1 Å². The highest BCUT2D eigenvalue weighted by Gasteiger charge is 2.30. The van der Waals surface area contributed by atoms with Gasteiger partial charge in [-0.2, -0.15) is 0 Å². The number of piperidine rings is 1. The minimum Gasteiger partial charge on any atom is -0.356 e. The highest BCUT2D eigenvalue weighted by molar-refractivity contribution is 5.84. The van der Waals surface area contributed by atoms with Gasteiger partial charge in [-0.3, -0.25) is 9.59 Å². The molecule has 30 heavy (non-hydrogen) atoms. The van der Waals surface area contributed by atoms with E-state index in [-0.39, 0.29) is 23.8 Å². The third-order valence-electron chi connectivity index (χ3n) is 6.58. The van der Waals surface area contributed by atoms with Gasteiger partial charge in [-0.1, -0.05) is 12.1 Å². The molecule has 1 aromatic heterocycles. The maximum absolute atomic E-state index is 13.0. The van der Waals surface area contributed by atoms with Crippen molar-refractivity contribution in [3.63, 3.8) is 0 Å². The van der Waals surface area contributed by atoms with Crippen molar-refractivity contribution in [1.82, 2.24) is 24.7 Å². The smallest absolute Gasteiger partial charge is 0.245 e. The van der Waals surface area contributed by atoms with Crippen LogP contribution in [-0.2, 0) is 9.59 Å². The molecule has 2 aliphatic rings. The molecule has 7 heteroatoms. The molecule has 162 valence electrons. The second kappa shape index (κ2) is 9.60. The molecule has 1 atom stereocenters. The van der Waals surface area contributed by atoms with E-state index < -0.39 is 0 Å². The Kier molecular flexibility index (Phi) is 6.67. The lowest BCUT2D eigenvalue weighted by molar-refractivity contribution is -0.138. The summed E-state index contributed by atoms with van der Waals surface area (Å²) in [6.07, 6.45) is 6.84. The van der Waals surface area contributed by atoms with Gasteiger partial charge < -0.3 is 19.7 Å². The molecule has 0 unspecified atom stereocenters. The zero-order valence-corrected chi connectivity index (χ0v) is 17.9. The zero-order valence-electron chi connectivity index (χ0n) is 17.9. The summed E-state index contributed by atoms with van der Waals surface area (Å²) in [6, 6.07) is 7.57. The SMILES string of the molecule is C[C@@H](C(=O)N1CCC(C(=O)NCCCN2CCCC2)CC1)n1cnc2ccccc21. The molecule has 7 nitrogen and oxygen atoms in total. The number of likely N-dealkylation sites (tertiary alicyclic amines) is 2. The molecule has 0 spiro atoms. The molecule has 0 aliphatic carbocycles. The van der Waals surface area contributed by atoms with Gasteiger partial charge in [0.2, 0.25) is 11.8 Å². The van der Waals surface area contributed by atoms with Crippen LogP contribution in [0.15, 0.2) is 30.6 Å². The van der Waals surface area contributed by atoms with Crippen LogP contribution in [0.4, 0.5) is 0 Å². The van der Waals surface area contributed by atoms with Crippen LogP contribution in [-0.4, -0.2) is 70.4 Å². The average molecular weight is 412 g/mol. The Morgan fingerprint density at radius 2 is 1.87 bits per heavy atom. The van der Waals surface area contributed by atoms with E-state index in [1.165, 1.54) is 25.9 Å². The van der Waals surface area contributed by atoms with Crippen molar-refractivity contribution in [2.24, 2.45) is 5.92 Å². The molecular weight excluding hydrogens is 378 g/mol.